The smallest absolute Gasteiger partial charge is 0.317 e. The number of aromatic nitrogens is 3. The van der Waals surface area contributed by atoms with E-state index in [1.165, 1.54) is 5.56 Å². The Hall–Kier alpha value is -2.37. The second-order valence-corrected chi connectivity index (χ2v) is 6.44. The maximum Gasteiger partial charge on any atom is 0.317 e. The molecule has 0 spiro atoms. The number of amides is 2. The van der Waals surface area contributed by atoms with Crippen LogP contribution in [0.15, 0.2) is 30.3 Å². The molecule has 0 aliphatic carbocycles. The van der Waals surface area contributed by atoms with Gasteiger partial charge in [0.2, 0.25) is 0 Å². The van der Waals surface area contributed by atoms with Gasteiger partial charge in [0.25, 0.3) is 0 Å². The molecule has 3 rings (SSSR count). The molecule has 1 saturated heterocycles. The number of hydrogen-bond acceptors (Lipinski definition) is 3. The summed E-state index contributed by atoms with van der Waals surface area (Å²) in [7, 11) is 0. The minimum atomic E-state index is 0.0538. The number of hydrogen-bond donors (Lipinski definition) is 2. The van der Waals surface area contributed by atoms with Gasteiger partial charge in [0, 0.05) is 26.1 Å². The molecule has 6 heteroatoms. The molecule has 2 heterocycles. The van der Waals surface area contributed by atoms with Gasteiger partial charge in [-0.15, -0.1) is 0 Å². The molecule has 128 valence electrons. The third-order valence-corrected chi connectivity index (χ3v) is 4.55. The molecular weight excluding hydrogens is 302 g/mol. The molecule has 6 nitrogen and oxygen atoms in total. The quantitative estimate of drug-likeness (QED) is 0.885. The number of benzene rings is 1. The molecule has 24 heavy (non-hydrogen) atoms. The summed E-state index contributed by atoms with van der Waals surface area (Å²) < 4.78 is 0. The van der Waals surface area contributed by atoms with Crippen molar-refractivity contribution in [3.63, 3.8) is 0 Å². The van der Waals surface area contributed by atoms with Gasteiger partial charge in [0.1, 0.15) is 5.82 Å². The molecule has 1 aliphatic heterocycles. The molecule has 2 amide bonds. The highest BCUT2D eigenvalue weighted by Crippen LogP contribution is 2.20. The van der Waals surface area contributed by atoms with Crippen molar-refractivity contribution in [3.8, 4) is 0 Å². The molecule has 1 aliphatic rings. The van der Waals surface area contributed by atoms with Crippen LogP contribution < -0.4 is 5.32 Å². The van der Waals surface area contributed by atoms with Crippen molar-refractivity contribution in [2.45, 2.75) is 32.6 Å². The largest absolute Gasteiger partial charge is 0.338 e. The predicted octanol–water partition coefficient (Wildman–Crippen LogP) is 2.32. The number of nitrogens with zero attached hydrogens (tertiary/aromatic N) is 3. The number of carbonyl (C=O) groups is 1. The molecule has 0 bridgehead atoms. The standard InChI is InChI=1S/C18H25N5O/c1-14-20-17(22-21-14)13-16-8-11-23(12-9-16)18(24)19-10-7-15-5-3-2-4-6-15/h2-6,16H,7-13H2,1H3,(H,19,24)(H,20,21,22). The molecule has 0 unspecified atom stereocenters. The zero-order valence-corrected chi connectivity index (χ0v) is 14.2. The number of H-pyrrole nitrogens is 1. The average Bonchev–Trinajstić information content (AvgIpc) is 3.01. The van der Waals surface area contributed by atoms with Gasteiger partial charge < -0.3 is 10.2 Å². The van der Waals surface area contributed by atoms with Crippen molar-refractivity contribution >= 4 is 6.03 Å². The highest BCUT2D eigenvalue weighted by molar-refractivity contribution is 5.74. The van der Waals surface area contributed by atoms with Crippen LogP contribution in [0.5, 0.6) is 0 Å². The van der Waals surface area contributed by atoms with E-state index in [4.69, 9.17) is 0 Å². The summed E-state index contributed by atoms with van der Waals surface area (Å²) in [6.45, 7) is 4.22. The highest BCUT2D eigenvalue weighted by atomic mass is 16.2. The van der Waals surface area contributed by atoms with Gasteiger partial charge in [-0.3, -0.25) is 5.10 Å². The molecule has 0 atom stereocenters. The number of carbonyl (C=O) groups excluding carboxylic acids is 1. The maximum absolute atomic E-state index is 12.2. The van der Waals surface area contributed by atoms with Crippen molar-refractivity contribution in [3.05, 3.63) is 47.5 Å². The zero-order valence-electron chi connectivity index (χ0n) is 14.2. The fourth-order valence-corrected chi connectivity index (χ4v) is 3.15. The van der Waals surface area contributed by atoms with Crippen molar-refractivity contribution < 1.29 is 4.79 Å². The molecule has 2 N–H and O–H groups in total. The first-order chi connectivity index (χ1) is 11.7. The van der Waals surface area contributed by atoms with Crippen LogP contribution >= 0.6 is 0 Å². The van der Waals surface area contributed by atoms with E-state index in [9.17, 15) is 4.79 Å². The highest BCUT2D eigenvalue weighted by Gasteiger charge is 2.23. The minimum absolute atomic E-state index is 0.0538. The fraction of sp³-hybridized carbons (Fsp3) is 0.500. The second-order valence-electron chi connectivity index (χ2n) is 6.44. The van der Waals surface area contributed by atoms with Gasteiger partial charge in [-0.1, -0.05) is 30.3 Å². The van der Waals surface area contributed by atoms with Gasteiger partial charge in [0.05, 0.1) is 0 Å². The number of aromatic amines is 1. The first kappa shape index (κ1) is 16.5. The van der Waals surface area contributed by atoms with Crippen LogP contribution in [0.3, 0.4) is 0 Å². The molecule has 1 fully saturated rings. The predicted molar refractivity (Wildman–Crippen MR) is 92.7 cm³/mol. The van der Waals surface area contributed by atoms with E-state index in [0.29, 0.717) is 12.5 Å². The molecule has 0 saturated carbocycles. The first-order valence-electron chi connectivity index (χ1n) is 8.65. The SMILES string of the molecule is Cc1nc(CC2CCN(C(=O)NCCc3ccccc3)CC2)n[nH]1. The monoisotopic (exact) mass is 327 g/mol. The van der Waals surface area contributed by atoms with Crippen LogP contribution in [-0.4, -0.2) is 45.7 Å². The van der Waals surface area contributed by atoms with E-state index >= 15 is 0 Å². The summed E-state index contributed by atoms with van der Waals surface area (Å²) in [5.41, 5.74) is 1.25. The van der Waals surface area contributed by atoms with E-state index in [0.717, 1.165) is 50.4 Å². The Bertz CT molecular complexity index is 646. The van der Waals surface area contributed by atoms with Crippen molar-refractivity contribution in [1.82, 2.24) is 25.4 Å². The molecule has 1 aromatic heterocycles. The minimum Gasteiger partial charge on any atom is -0.338 e. The number of aryl methyl sites for hydroxylation is 1. The van der Waals surface area contributed by atoms with Gasteiger partial charge in [-0.25, -0.2) is 9.78 Å². The Morgan fingerprint density at radius 2 is 2.04 bits per heavy atom. The van der Waals surface area contributed by atoms with E-state index in [-0.39, 0.29) is 6.03 Å². The second kappa shape index (κ2) is 7.95. The van der Waals surface area contributed by atoms with Gasteiger partial charge >= 0.3 is 6.03 Å². The Morgan fingerprint density at radius 3 is 2.71 bits per heavy atom. The summed E-state index contributed by atoms with van der Waals surface area (Å²) in [4.78, 5) is 18.5. The summed E-state index contributed by atoms with van der Waals surface area (Å²) in [5.74, 6) is 2.31. The van der Waals surface area contributed by atoms with Crippen molar-refractivity contribution in [2.24, 2.45) is 5.92 Å². The Balaban J connectivity index is 1.37. The van der Waals surface area contributed by atoms with E-state index in [1.54, 1.807) is 0 Å². The van der Waals surface area contributed by atoms with E-state index in [2.05, 4.69) is 32.6 Å². The first-order valence-corrected chi connectivity index (χ1v) is 8.65. The van der Waals surface area contributed by atoms with Crippen LogP contribution in [-0.2, 0) is 12.8 Å². The summed E-state index contributed by atoms with van der Waals surface area (Å²) in [6, 6.07) is 10.3. The van der Waals surface area contributed by atoms with Gasteiger partial charge in [0.15, 0.2) is 5.82 Å². The average molecular weight is 327 g/mol. The third kappa shape index (κ3) is 4.57. The van der Waals surface area contributed by atoms with E-state index < -0.39 is 0 Å². The number of rotatable bonds is 5. The topological polar surface area (TPSA) is 73.9 Å². The maximum atomic E-state index is 12.2. The summed E-state index contributed by atoms with van der Waals surface area (Å²) >= 11 is 0. The molecule has 2 aromatic rings. The van der Waals surface area contributed by atoms with Crippen LogP contribution in [0, 0.1) is 12.8 Å². The van der Waals surface area contributed by atoms with Crippen LogP contribution in [0.4, 0.5) is 4.79 Å². The molecular formula is C18H25N5O. The van der Waals surface area contributed by atoms with Gasteiger partial charge in [-0.2, -0.15) is 5.10 Å². The number of likely N-dealkylation sites (tertiary alicyclic amines) is 1. The summed E-state index contributed by atoms with van der Waals surface area (Å²) in [5, 5.41) is 10.1. The van der Waals surface area contributed by atoms with Crippen molar-refractivity contribution in [2.75, 3.05) is 19.6 Å². The van der Waals surface area contributed by atoms with E-state index in [1.807, 2.05) is 30.0 Å². The number of urea groups is 1. The third-order valence-electron chi connectivity index (χ3n) is 4.55. The van der Waals surface area contributed by atoms with Crippen molar-refractivity contribution in [1.29, 1.82) is 0 Å². The number of piperidine rings is 1. The van der Waals surface area contributed by atoms with Gasteiger partial charge in [-0.05, 0) is 37.7 Å². The lowest BCUT2D eigenvalue weighted by atomic mass is 9.93. The summed E-state index contributed by atoms with van der Waals surface area (Å²) in [6.07, 6.45) is 3.79. The normalized spacial score (nSPS) is 15.5. The molecule has 1 aromatic carbocycles. The number of nitrogens with one attached hydrogen (secondary N) is 2. The Labute approximate surface area is 142 Å². The molecule has 0 radical (unpaired) electrons. The van der Waals surface area contributed by atoms with Crippen LogP contribution in [0.25, 0.3) is 0 Å². The Kier molecular flexibility index (Phi) is 5.46. The zero-order chi connectivity index (χ0) is 16.8. The lowest BCUT2D eigenvalue weighted by Gasteiger charge is -2.31. The lowest BCUT2D eigenvalue weighted by molar-refractivity contribution is 0.170. The fourth-order valence-electron chi connectivity index (χ4n) is 3.15. The van der Waals surface area contributed by atoms with Crippen LogP contribution in [0.1, 0.15) is 30.1 Å². The lowest BCUT2D eigenvalue weighted by Crippen LogP contribution is -2.45. The Morgan fingerprint density at radius 1 is 1.29 bits per heavy atom. The van der Waals surface area contributed by atoms with Crippen LogP contribution in [0.2, 0.25) is 0 Å².